The topological polar surface area (TPSA) is 123 Å². The average Bonchev–Trinajstić information content (AvgIpc) is 3.73. The van der Waals surface area contributed by atoms with Crippen molar-refractivity contribution in [2.75, 3.05) is 13.2 Å². The Morgan fingerprint density at radius 1 is 1.13 bits per heavy atom. The standard InChI is InChI=1S/C27H22ClFN8O2/c28-19-5-7-23(36-15-32-34-35-36)21(13-19)18-11-20-6-8-24(37(20)25(38)12-18)26-31-14-22(33-26)16-1-3-17(4-2-16)27(39)30-10-9-29/h1-5,7,11-15,24H,6,8-10H2,(H,30,39)(H,31,33)/t24-/m0/s1. The lowest BCUT2D eigenvalue weighted by Gasteiger charge is -2.15. The number of imidazole rings is 1. The molecule has 2 aromatic carbocycles. The summed E-state index contributed by atoms with van der Waals surface area (Å²) in [6, 6.07) is 15.7. The van der Waals surface area contributed by atoms with E-state index in [0.717, 1.165) is 28.1 Å². The number of alkyl halides is 1. The molecule has 0 saturated heterocycles. The predicted octanol–water partition coefficient (Wildman–Crippen LogP) is 3.77. The highest BCUT2D eigenvalue weighted by Gasteiger charge is 2.28. The van der Waals surface area contributed by atoms with Crippen molar-refractivity contribution in [2.45, 2.75) is 18.9 Å². The summed E-state index contributed by atoms with van der Waals surface area (Å²) in [5, 5.41) is 14.5. The van der Waals surface area contributed by atoms with Gasteiger partial charge in [0.15, 0.2) is 0 Å². The third-order valence-electron chi connectivity index (χ3n) is 6.75. The fourth-order valence-corrected chi connectivity index (χ4v) is 5.11. The number of pyridine rings is 1. The molecule has 10 nitrogen and oxygen atoms in total. The molecule has 6 rings (SSSR count). The van der Waals surface area contributed by atoms with Crippen LogP contribution in [0.15, 0.2) is 71.9 Å². The second-order valence-electron chi connectivity index (χ2n) is 9.12. The zero-order valence-corrected chi connectivity index (χ0v) is 21.3. The minimum absolute atomic E-state index is 0.0201. The van der Waals surface area contributed by atoms with Gasteiger partial charge in [0.1, 0.15) is 18.8 Å². The first-order valence-corrected chi connectivity index (χ1v) is 12.7. The van der Waals surface area contributed by atoms with Crippen LogP contribution in [0.25, 0.3) is 28.1 Å². The van der Waals surface area contributed by atoms with E-state index < -0.39 is 6.67 Å². The van der Waals surface area contributed by atoms with Crippen molar-refractivity contribution in [1.29, 1.82) is 0 Å². The fraction of sp³-hybridized carbons (Fsp3) is 0.185. The largest absolute Gasteiger partial charge is 0.349 e. The first-order chi connectivity index (χ1) is 19.0. The number of nitrogens with one attached hydrogen (secondary N) is 2. The van der Waals surface area contributed by atoms with E-state index in [1.54, 1.807) is 53.2 Å². The number of aryl methyl sites for hydroxylation is 1. The Labute approximate surface area is 226 Å². The van der Waals surface area contributed by atoms with Gasteiger partial charge < -0.3 is 14.9 Å². The maximum atomic E-state index is 13.4. The molecule has 1 aliphatic rings. The van der Waals surface area contributed by atoms with Crippen molar-refractivity contribution in [3.05, 3.63) is 99.6 Å². The molecule has 3 aromatic heterocycles. The summed E-state index contributed by atoms with van der Waals surface area (Å²) >= 11 is 6.30. The lowest BCUT2D eigenvalue weighted by atomic mass is 10.0. The predicted molar refractivity (Wildman–Crippen MR) is 143 cm³/mol. The molecule has 1 amide bonds. The summed E-state index contributed by atoms with van der Waals surface area (Å²) in [6.45, 7) is -0.633. The number of fused-ring (bicyclic) bond motifs is 1. The number of hydrogen-bond acceptors (Lipinski definition) is 6. The van der Waals surface area contributed by atoms with Crippen LogP contribution >= 0.6 is 11.6 Å². The SMILES string of the molecule is O=C(NCCF)c1ccc(-c2cnc([C@@H]3CCc4cc(-c5cc(Cl)ccc5-n5cnnn5)cc(=O)n43)[nH]2)cc1. The highest BCUT2D eigenvalue weighted by molar-refractivity contribution is 6.31. The minimum atomic E-state index is -0.613. The molecule has 0 bridgehead atoms. The molecule has 1 atom stereocenters. The minimum Gasteiger partial charge on any atom is -0.349 e. The molecular formula is C27H22ClFN8O2. The van der Waals surface area contributed by atoms with E-state index >= 15 is 0 Å². The number of carbonyl (C=O) groups is 1. The average molecular weight is 545 g/mol. The van der Waals surface area contributed by atoms with Gasteiger partial charge in [0, 0.05) is 34.5 Å². The van der Waals surface area contributed by atoms with Crippen LogP contribution in [0.1, 0.15) is 34.3 Å². The molecule has 0 unspecified atom stereocenters. The van der Waals surface area contributed by atoms with Crippen molar-refractivity contribution in [1.82, 2.24) is 40.1 Å². The van der Waals surface area contributed by atoms with Crippen molar-refractivity contribution in [2.24, 2.45) is 0 Å². The number of aromatic nitrogens is 7. The molecule has 12 heteroatoms. The lowest BCUT2D eigenvalue weighted by Crippen LogP contribution is -2.25. The summed E-state index contributed by atoms with van der Waals surface area (Å²) in [5.41, 5.74) is 5.00. The summed E-state index contributed by atoms with van der Waals surface area (Å²) in [7, 11) is 0. The zero-order chi connectivity index (χ0) is 26.9. The van der Waals surface area contributed by atoms with Gasteiger partial charge in [0.25, 0.3) is 11.5 Å². The van der Waals surface area contributed by atoms with E-state index in [2.05, 4.69) is 30.8 Å². The molecule has 0 saturated carbocycles. The lowest BCUT2D eigenvalue weighted by molar-refractivity contribution is 0.0951. The van der Waals surface area contributed by atoms with Crippen LogP contribution in [0.5, 0.6) is 0 Å². The number of benzene rings is 2. The van der Waals surface area contributed by atoms with Crippen LogP contribution in [0, 0.1) is 0 Å². The van der Waals surface area contributed by atoms with E-state index in [0.29, 0.717) is 34.9 Å². The molecule has 1 aliphatic heterocycles. The monoisotopic (exact) mass is 544 g/mol. The Kier molecular flexibility index (Phi) is 6.49. The maximum absolute atomic E-state index is 13.4. The summed E-state index contributed by atoms with van der Waals surface area (Å²) in [6.07, 6.45) is 4.63. The second kappa shape index (κ2) is 10.3. The number of hydrogen-bond donors (Lipinski definition) is 2. The molecule has 0 spiro atoms. The van der Waals surface area contributed by atoms with Gasteiger partial charge in [0.05, 0.1) is 23.6 Å². The van der Waals surface area contributed by atoms with Crippen LogP contribution in [0.4, 0.5) is 4.39 Å². The van der Waals surface area contributed by atoms with Crippen molar-refractivity contribution >= 4 is 17.5 Å². The normalized spacial score (nSPS) is 14.4. The van der Waals surface area contributed by atoms with Gasteiger partial charge >= 0.3 is 0 Å². The number of rotatable bonds is 7. The number of carbonyl (C=O) groups excluding carboxylic acids is 1. The smallest absolute Gasteiger partial charge is 0.252 e. The van der Waals surface area contributed by atoms with Crippen LogP contribution in [0.2, 0.25) is 5.02 Å². The highest BCUT2D eigenvalue weighted by atomic mass is 35.5. The van der Waals surface area contributed by atoms with Crippen LogP contribution in [-0.2, 0) is 6.42 Å². The van der Waals surface area contributed by atoms with Crippen LogP contribution in [0.3, 0.4) is 0 Å². The Hall–Kier alpha value is -4.64. The van der Waals surface area contributed by atoms with Gasteiger partial charge in [-0.25, -0.2) is 9.37 Å². The van der Waals surface area contributed by atoms with E-state index in [9.17, 15) is 14.0 Å². The molecule has 0 radical (unpaired) electrons. The zero-order valence-electron chi connectivity index (χ0n) is 20.5. The Morgan fingerprint density at radius 3 is 2.74 bits per heavy atom. The Bertz CT molecular complexity index is 1710. The molecule has 0 fully saturated rings. The first kappa shape index (κ1) is 24.7. The van der Waals surface area contributed by atoms with Gasteiger partial charge in [0.2, 0.25) is 0 Å². The van der Waals surface area contributed by atoms with Gasteiger partial charge in [-0.15, -0.1) is 5.10 Å². The molecule has 39 heavy (non-hydrogen) atoms. The number of H-pyrrole nitrogens is 1. The van der Waals surface area contributed by atoms with Gasteiger partial charge in [-0.3, -0.25) is 9.59 Å². The number of halogens is 2. The van der Waals surface area contributed by atoms with Crippen LogP contribution in [-0.4, -0.2) is 53.9 Å². The van der Waals surface area contributed by atoms with Gasteiger partial charge in [-0.05, 0) is 70.8 Å². The summed E-state index contributed by atoms with van der Waals surface area (Å²) in [4.78, 5) is 33.4. The Balaban J connectivity index is 1.29. The van der Waals surface area contributed by atoms with Crippen molar-refractivity contribution in [3.63, 3.8) is 0 Å². The van der Waals surface area contributed by atoms with Gasteiger partial charge in [-0.2, -0.15) is 4.68 Å². The summed E-state index contributed by atoms with van der Waals surface area (Å²) in [5.74, 6) is 0.356. The van der Waals surface area contributed by atoms with Crippen molar-refractivity contribution < 1.29 is 9.18 Å². The molecule has 2 N–H and O–H groups in total. The third kappa shape index (κ3) is 4.72. The van der Waals surface area contributed by atoms with E-state index in [4.69, 9.17) is 11.6 Å². The van der Waals surface area contributed by atoms with Crippen LogP contribution < -0.4 is 10.9 Å². The van der Waals surface area contributed by atoms with Gasteiger partial charge in [-0.1, -0.05) is 23.7 Å². The van der Waals surface area contributed by atoms with Crippen molar-refractivity contribution in [3.8, 4) is 28.1 Å². The second-order valence-corrected chi connectivity index (χ2v) is 9.55. The molecule has 196 valence electrons. The number of tetrazole rings is 1. The van der Waals surface area contributed by atoms with E-state index in [-0.39, 0.29) is 24.1 Å². The first-order valence-electron chi connectivity index (χ1n) is 12.3. The Morgan fingerprint density at radius 2 is 1.97 bits per heavy atom. The summed E-state index contributed by atoms with van der Waals surface area (Å²) < 4.78 is 15.6. The number of aromatic amines is 1. The molecule has 0 aliphatic carbocycles. The number of amides is 1. The van der Waals surface area contributed by atoms with E-state index in [1.807, 2.05) is 12.1 Å². The number of nitrogens with zero attached hydrogens (tertiary/aromatic N) is 6. The molecule has 5 aromatic rings. The quantitative estimate of drug-likeness (QED) is 0.321. The third-order valence-corrected chi connectivity index (χ3v) is 6.98. The van der Waals surface area contributed by atoms with E-state index in [1.165, 1.54) is 11.0 Å². The maximum Gasteiger partial charge on any atom is 0.252 e. The molecular weight excluding hydrogens is 523 g/mol. The molecule has 4 heterocycles. The fourth-order valence-electron chi connectivity index (χ4n) is 4.94. The highest BCUT2D eigenvalue weighted by Crippen LogP contribution is 2.34.